The van der Waals surface area contributed by atoms with Crippen molar-refractivity contribution in [2.24, 2.45) is 4.99 Å². The van der Waals surface area contributed by atoms with Crippen LogP contribution < -0.4 is 4.74 Å². The van der Waals surface area contributed by atoms with Crippen LogP contribution in [0.25, 0.3) is 6.08 Å². The van der Waals surface area contributed by atoms with E-state index in [9.17, 15) is 4.79 Å². The van der Waals surface area contributed by atoms with Crippen LogP contribution >= 0.6 is 54.5 Å². The fraction of sp³-hybridized carbons (Fsp3) is 0.0435. The summed E-state index contributed by atoms with van der Waals surface area (Å²) in [5.41, 5.74) is 2.89. The van der Waals surface area contributed by atoms with E-state index in [1.54, 1.807) is 6.08 Å². The Morgan fingerprint density at radius 2 is 1.73 bits per heavy atom. The molecule has 30 heavy (non-hydrogen) atoms. The van der Waals surface area contributed by atoms with Crippen LogP contribution in [0.5, 0.6) is 5.75 Å². The summed E-state index contributed by atoms with van der Waals surface area (Å²) >= 11 is 9.40. The molecule has 3 aromatic carbocycles. The van der Waals surface area contributed by atoms with E-state index in [1.807, 2.05) is 60.7 Å². The van der Waals surface area contributed by atoms with E-state index in [-0.39, 0.29) is 5.70 Å². The van der Waals surface area contributed by atoms with E-state index < -0.39 is 5.97 Å². The van der Waals surface area contributed by atoms with Crippen LogP contribution in [0.3, 0.4) is 0 Å². The predicted octanol–water partition coefficient (Wildman–Crippen LogP) is 6.74. The van der Waals surface area contributed by atoms with Crippen molar-refractivity contribution in [3.63, 3.8) is 0 Å². The first kappa shape index (κ1) is 21.3. The molecule has 7 heteroatoms. The Morgan fingerprint density at radius 3 is 2.43 bits per heavy atom. The van der Waals surface area contributed by atoms with Crippen LogP contribution in [0.1, 0.15) is 16.7 Å². The van der Waals surface area contributed by atoms with E-state index >= 15 is 0 Å². The van der Waals surface area contributed by atoms with Gasteiger partial charge in [-0.25, -0.2) is 9.79 Å². The number of benzene rings is 3. The number of nitrogens with zero attached hydrogens (tertiary/aromatic N) is 1. The van der Waals surface area contributed by atoms with Gasteiger partial charge in [0.25, 0.3) is 0 Å². The highest BCUT2D eigenvalue weighted by molar-refractivity contribution is 14.1. The van der Waals surface area contributed by atoms with Crippen LogP contribution in [-0.4, -0.2) is 11.9 Å². The summed E-state index contributed by atoms with van der Waals surface area (Å²) in [6, 6.07) is 21.2. The van der Waals surface area contributed by atoms with Crippen LogP contribution in [0, 0.1) is 3.57 Å². The molecule has 0 saturated heterocycles. The van der Waals surface area contributed by atoms with E-state index in [2.05, 4.69) is 65.5 Å². The summed E-state index contributed by atoms with van der Waals surface area (Å²) in [6.07, 6.45) is 1.69. The van der Waals surface area contributed by atoms with Gasteiger partial charge < -0.3 is 9.47 Å². The Hall–Kier alpha value is -1.97. The third-order valence-corrected chi connectivity index (χ3v) is 6.09. The number of esters is 1. The summed E-state index contributed by atoms with van der Waals surface area (Å²) in [7, 11) is 0. The normalized spacial score (nSPS) is 14.6. The first-order chi connectivity index (χ1) is 14.5. The molecule has 0 aliphatic carbocycles. The molecule has 0 saturated carbocycles. The van der Waals surface area contributed by atoms with Gasteiger partial charge in [-0.3, -0.25) is 0 Å². The van der Waals surface area contributed by atoms with Crippen molar-refractivity contribution in [1.29, 1.82) is 0 Å². The third-order valence-electron chi connectivity index (χ3n) is 4.24. The van der Waals surface area contributed by atoms with Gasteiger partial charge in [-0.15, -0.1) is 0 Å². The summed E-state index contributed by atoms with van der Waals surface area (Å²) in [6.45, 7) is 0.450. The minimum atomic E-state index is -0.472. The smallest absolute Gasteiger partial charge is 0.363 e. The Labute approximate surface area is 204 Å². The highest BCUT2D eigenvalue weighted by atomic mass is 127. The lowest BCUT2D eigenvalue weighted by Gasteiger charge is -2.12. The van der Waals surface area contributed by atoms with Gasteiger partial charge in [0.1, 0.15) is 12.4 Å². The van der Waals surface area contributed by atoms with Crippen LogP contribution in [0.4, 0.5) is 0 Å². The van der Waals surface area contributed by atoms with Gasteiger partial charge in [-0.05, 0) is 108 Å². The van der Waals surface area contributed by atoms with Gasteiger partial charge in [-0.2, -0.15) is 0 Å². The van der Waals surface area contributed by atoms with Crippen molar-refractivity contribution in [2.75, 3.05) is 0 Å². The van der Waals surface area contributed by atoms with Crippen molar-refractivity contribution in [2.45, 2.75) is 6.61 Å². The van der Waals surface area contributed by atoms with Crippen LogP contribution in [-0.2, 0) is 16.1 Å². The fourth-order valence-corrected chi connectivity index (χ4v) is 4.91. The van der Waals surface area contributed by atoms with E-state index in [0.717, 1.165) is 29.2 Å². The molecule has 1 heterocycles. The quantitative estimate of drug-likeness (QED) is 0.177. The molecule has 0 radical (unpaired) electrons. The Kier molecular flexibility index (Phi) is 6.70. The monoisotopic (exact) mass is 637 g/mol. The average Bonchev–Trinajstić information content (AvgIpc) is 3.08. The molecule has 1 aliphatic rings. The lowest BCUT2D eigenvalue weighted by Crippen LogP contribution is -2.04. The minimum Gasteiger partial charge on any atom is -0.487 e. The van der Waals surface area contributed by atoms with Crippen molar-refractivity contribution < 1.29 is 14.3 Å². The van der Waals surface area contributed by atoms with Crippen LogP contribution in [0.2, 0.25) is 0 Å². The second kappa shape index (κ2) is 9.45. The number of hydrogen-bond acceptors (Lipinski definition) is 4. The summed E-state index contributed by atoms with van der Waals surface area (Å²) < 4.78 is 14.0. The highest BCUT2D eigenvalue weighted by Crippen LogP contribution is 2.36. The number of hydrogen-bond donors (Lipinski definition) is 0. The molecule has 4 rings (SSSR count). The number of aliphatic imine (C=N–C) groups is 1. The second-order valence-electron chi connectivity index (χ2n) is 6.43. The second-order valence-corrected chi connectivity index (χ2v) is 9.39. The van der Waals surface area contributed by atoms with Gasteiger partial charge in [-0.1, -0.05) is 30.3 Å². The first-order valence-electron chi connectivity index (χ1n) is 8.94. The molecular weight excluding hydrogens is 625 g/mol. The molecule has 0 unspecified atom stereocenters. The van der Waals surface area contributed by atoms with Gasteiger partial charge in [0.2, 0.25) is 5.90 Å². The first-order valence-corrected chi connectivity index (χ1v) is 11.6. The molecule has 0 bridgehead atoms. The molecule has 1 aliphatic heterocycles. The van der Waals surface area contributed by atoms with Gasteiger partial charge in [0, 0.05) is 9.13 Å². The van der Waals surface area contributed by atoms with Crippen molar-refractivity contribution in [3.05, 3.63) is 102 Å². The van der Waals surface area contributed by atoms with Crippen molar-refractivity contribution in [1.82, 2.24) is 0 Å². The molecule has 150 valence electrons. The number of halogens is 3. The van der Waals surface area contributed by atoms with Gasteiger partial charge in [0.05, 0.1) is 8.95 Å². The van der Waals surface area contributed by atoms with Crippen LogP contribution in [0.15, 0.2) is 86.4 Å². The molecule has 0 atom stereocenters. The zero-order valence-corrected chi connectivity index (χ0v) is 20.8. The molecular formula is C23H14Br2INO3. The predicted molar refractivity (Wildman–Crippen MR) is 132 cm³/mol. The van der Waals surface area contributed by atoms with E-state index in [0.29, 0.717) is 18.3 Å². The number of ether oxygens (including phenoxy) is 2. The van der Waals surface area contributed by atoms with Gasteiger partial charge in [0.15, 0.2) is 5.70 Å². The van der Waals surface area contributed by atoms with E-state index in [1.165, 1.54) is 0 Å². The molecule has 0 fully saturated rings. The van der Waals surface area contributed by atoms with Crippen molar-refractivity contribution >= 4 is 72.4 Å². The van der Waals surface area contributed by atoms with E-state index in [4.69, 9.17) is 9.47 Å². The number of cyclic esters (lactones) is 1. The topological polar surface area (TPSA) is 47.9 Å². The molecule has 3 aromatic rings. The standard InChI is InChI=1S/C23H14Br2INO3/c24-18-10-15(11-19(25)21(18)29-13-14-5-4-8-17(26)9-14)12-20-23(28)30-22(27-20)16-6-2-1-3-7-16/h1-12H,13H2/b20-12-. The average molecular weight is 639 g/mol. The summed E-state index contributed by atoms with van der Waals surface area (Å²) in [5.74, 6) is 0.529. The Bertz CT molecular complexity index is 1150. The number of rotatable bonds is 5. The summed E-state index contributed by atoms with van der Waals surface area (Å²) in [4.78, 5) is 16.6. The minimum absolute atomic E-state index is 0.250. The summed E-state index contributed by atoms with van der Waals surface area (Å²) in [5, 5.41) is 0. The lowest BCUT2D eigenvalue weighted by atomic mass is 10.2. The maximum absolute atomic E-state index is 12.2. The molecule has 4 nitrogen and oxygen atoms in total. The highest BCUT2D eigenvalue weighted by Gasteiger charge is 2.24. The molecule has 0 spiro atoms. The maximum Gasteiger partial charge on any atom is 0.363 e. The Morgan fingerprint density at radius 1 is 1.00 bits per heavy atom. The zero-order valence-electron chi connectivity index (χ0n) is 15.4. The molecule has 0 amide bonds. The lowest BCUT2D eigenvalue weighted by molar-refractivity contribution is -0.129. The third kappa shape index (κ3) is 5.01. The number of carbonyl (C=O) groups excluding carboxylic acids is 1. The SMILES string of the molecule is O=C1OC(c2ccccc2)=N/C1=C\c1cc(Br)c(OCc2cccc(I)c2)c(Br)c1. The molecule has 0 aromatic heterocycles. The zero-order chi connectivity index (χ0) is 21.1. The number of carbonyl (C=O) groups is 1. The largest absolute Gasteiger partial charge is 0.487 e. The van der Waals surface area contributed by atoms with Gasteiger partial charge >= 0.3 is 5.97 Å². The van der Waals surface area contributed by atoms with Crippen molar-refractivity contribution in [3.8, 4) is 5.75 Å². The maximum atomic E-state index is 12.2. The molecule has 0 N–H and O–H groups in total. The Balaban J connectivity index is 1.55. The fourth-order valence-electron chi connectivity index (χ4n) is 2.85.